The summed E-state index contributed by atoms with van der Waals surface area (Å²) in [6, 6.07) is -10.00. The molecular formula is C36H38F4N4O2S. The third-order valence-electron chi connectivity index (χ3n) is 6.04. The Morgan fingerprint density at radius 2 is 1.62 bits per heavy atom. The van der Waals surface area contributed by atoms with Crippen molar-refractivity contribution in [3.63, 3.8) is 0 Å². The van der Waals surface area contributed by atoms with E-state index in [1.165, 1.54) is 13.8 Å². The zero-order valence-electron chi connectivity index (χ0n) is 48.2. The van der Waals surface area contributed by atoms with Crippen molar-refractivity contribution in [2.45, 2.75) is 63.0 Å². The highest BCUT2D eigenvalue weighted by Gasteiger charge is 2.30. The molecule has 5 rings (SSSR count). The molecule has 47 heavy (non-hydrogen) atoms. The molecule has 0 saturated carbocycles. The van der Waals surface area contributed by atoms with Gasteiger partial charge in [0.05, 0.1) is 24.8 Å². The van der Waals surface area contributed by atoms with Gasteiger partial charge in [-0.25, -0.2) is 4.39 Å². The molecule has 1 aliphatic carbocycles. The third kappa shape index (κ3) is 8.70. The lowest BCUT2D eigenvalue weighted by Gasteiger charge is -2.28. The lowest BCUT2D eigenvalue weighted by atomic mass is 10.0. The number of halogens is 4. The van der Waals surface area contributed by atoms with Gasteiger partial charge in [-0.15, -0.1) is 0 Å². The van der Waals surface area contributed by atoms with Crippen LogP contribution >= 0.6 is 11.8 Å². The van der Waals surface area contributed by atoms with E-state index in [2.05, 4.69) is 4.98 Å². The van der Waals surface area contributed by atoms with E-state index in [4.69, 9.17) is 24.7 Å². The van der Waals surface area contributed by atoms with Crippen molar-refractivity contribution in [2.75, 3.05) is 26.1 Å². The molecule has 248 valence electrons. The minimum absolute atomic E-state index is 0.346. The fourth-order valence-corrected chi connectivity index (χ4v) is 4.34. The van der Waals surface area contributed by atoms with Gasteiger partial charge in [0.1, 0.15) is 12.3 Å². The van der Waals surface area contributed by atoms with Crippen LogP contribution in [-0.4, -0.2) is 51.3 Å². The van der Waals surface area contributed by atoms with Gasteiger partial charge < -0.3 is 14.4 Å². The molecule has 0 bridgehead atoms. The van der Waals surface area contributed by atoms with E-state index in [0.29, 0.717) is 4.90 Å². The van der Waals surface area contributed by atoms with Gasteiger partial charge in [0, 0.05) is 50.2 Å². The number of hydrogen-bond donors (Lipinski definition) is 0. The van der Waals surface area contributed by atoms with Gasteiger partial charge >= 0.3 is 6.18 Å². The highest BCUT2D eigenvalue weighted by molar-refractivity contribution is 7.98. The summed E-state index contributed by atoms with van der Waals surface area (Å²) >= 11 is -0.346. The number of thioether (sulfide) groups is 1. The minimum Gasteiger partial charge on any atom is -0.336 e. The van der Waals surface area contributed by atoms with E-state index in [0.717, 1.165) is 24.3 Å². The maximum absolute atomic E-state index is 15.4. The number of carbonyl (C=O) groups is 1. The number of alkyl halides is 3. The molecule has 0 unspecified atom stereocenters. The number of benzene rings is 3. The van der Waals surface area contributed by atoms with E-state index in [1.807, 2.05) is 0 Å². The SMILES string of the molecule is [2H]c1c([2H])c(C(F)(F)F)c([2H])c([2H])c1-c1c([2H])c([2H])c(C([2H])([2H])N(C(=O)C([2H])([2H])n2c(SC([2H])([2H])c3ccc(F)cc3)nc(=O)c3c2C([2H])([2H])C([2H])([2H])C3([2H])[2H])C([2H])([2H])C([2H])([2H])N(CC)CC)c([2H])c1[2H]. The fourth-order valence-electron chi connectivity index (χ4n) is 3.64. The Balaban J connectivity index is 1.95. The number of rotatable bonds is 13. The highest BCUT2D eigenvalue weighted by Crippen LogP contribution is 2.31. The molecule has 3 aromatic carbocycles. The number of likely N-dealkylation sites (N-methyl/N-ethyl adjacent to an activating group) is 1. The first-order valence-corrected chi connectivity index (χ1v) is 14.3. The Kier molecular flexibility index (Phi) is 4.91. The van der Waals surface area contributed by atoms with Crippen LogP contribution < -0.4 is 5.56 Å². The molecule has 0 fully saturated rings. The van der Waals surface area contributed by atoms with Crippen molar-refractivity contribution in [1.29, 1.82) is 0 Å². The summed E-state index contributed by atoms with van der Waals surface area (Å²) < 4.78 is 266. The van der Waals surface area contributed by atoms with Crippen molar-refractivity contribution >= 4 is 17.7 Å². The number of fused-ring (bicyclic) bond motifs is 1. The van der Waals surface area contributed by atoms with Gasteiger partial charge in [-0.1, -0.05) is 74.0 Å². The smallest absolute Gasteiger partial charge is 0.336 e. The van der Waals surface area contributed by atoms with Crippen LogP contribution in [0.25, 0.3) is 11.1 Å². The summed E-state index contributed by atoms with van der Waals surface area (Å²) in [5, 5.41) is -1.46. The van der Waals surface area contributed by atoms with Gasteiger partial charge in [-0.3, -0.25) is 9.59 Å². The summed E-state index contributed by atoms with van der Waals surface area (Å²) in [5.41, 5.74) is -15.2. The zero-order valence-corrected chi connectivity index (χ0v) is 25.1. The van der Waals surface area contributed by atoms with Crippen LogP contribution in [0.5, 0.6) is 0 Å². The van der Waals surface area contributed by atoms with Gasteiger partial charge in [-0.2, -0.15) is 18.2 Å². The van der Waals surface area contributed by atoms with Crippen LogP contribution in [0.2, 0.25) is 0 Å². The van der Waals surface area contributed by atoms with Gasteiger partial charge in [-0.05, 0) is 78.7 Å². The molecule has 0 spiro atoms. The first-order valence-electron chi connectivity index (χ1n) is 25.5. The van der Waals surface area contributed by atoms with Crippen molar-refractivity contribution in [2.24, 2.45) is 0 Å². The molecule has 0 N–H and O–H groups in total. The molecule has 4 aromatic rings. The van der Waals surface area contributed by atoms with Crippen LogP contribution in [0.1, 0.15) is 81.1 Å². The maximum Gasteiger partial charge on any atom is 0.416 e. The fraction of sp³-hybridized carbons (Fsp3) is 0.361. The predicted molar refractivity (Wildman–Crippen MR) is 177 cm³/mol. The van der Waals surface area contributed by atoms with Crippen LogP contribution in [0.4, 0.5) is 17.6 Å². The number of carbonyl (C=O) groups excluding carboxylic acids is 1. The summed E-state index contributed by atoms with van der Waals surface area (Å²) in [5.74, 6) is -3.65. The van der Waals surface area contributed by atoms with Crippen molar-refractivity contribution in [3.05, 3.63) is 117 Å². The zero-order chi connectivity index (χ0) is 54.9. The third-order valence-corrected chi connectivity index (χ3v) is 6.83. The Bertz CT molecular complexity index is 2840. The van der Waals surface area contributed by atoms with Gasteiger partial charge in [0.25, 0.3) is 5.56 Å². The maximum atomic E-state index is 15.4. The Labute approximate surface area is 310 Å². The van der Waals surface area contributed by atoms with Gasteiger partial charge in [0.15, 0.2) is 5.16 Å². The van der Waals surface area contributed by atoms with Crippen molar-refractivity contribution in [3.8, 4) is 11.1 Å². The van der Waals surface area contributed by atoms with E-state index in [-0.39, 0.29) is 16.3 Å². The molecular weight excluding hydrogens is 628 g/mol. The monoisotopic (exact) mass is 690 g/mol. The highest BCUT2D eigenvalue weighted by atomic mass is 32.2. The number of aromatic nitrogens is 2. The summed E-state index contributed by atoms with van der Waals surface area (Å²) in [4.78, 5) is 32.3. The molecule has 0 atom stereocenters. The number of nitrogens with zero attached hydrogens (tertiary/aromatic N) is 4. The van der Waals surface area contributed by atoms with E-state index >= 15 is 4.79 Å². The van der Waals surface area contributed by atoms with Crippen LogP contribution in [0, 0.1) is 5.82 Å². The second-order valence-electron chi connectivity index (χ2n) is 9.10. The Morgan fingerprint density at radius 1 is 0.979 bits per heavy atom. The molecule has 0 radical (unpaired) electrons. The normalized spacial score (nSPS) is 25.0. The molecule has 0 saturated heterocycles. The Hall–Kier alpha value is -3.96. The number of amides is 1. The van der Waals surface area contributed by atoms with Crippen LogP contribution in [0.3, 0.4) is 0 Å². The average Bonchev–Trinajstić information content (AvgIpc) is 3.33. The standard InChI is InChI=1S/C36H38F4N4O2S/c1-3-42(4-2)20-21-43(22-25-8-12-27(13-9-25)28-14-16-29(17-15-28)36(38,39)40)33(45)23-44-32-7-5-6-31(32)34(46)41-35(44)47-24-26-10-18-30(37)19-11-26/h8-19H,3-7,20-24H2,1-2H3/i5D2,6D2,7D2,8D,9D,12D,13D,14D,15D,16D,17D,20D2,21D2,22D2,23D2,24D2. The first kappa shape index (κ1) is 15.1. The lowest BCUT2D eigenvalue weighted by molar-refractivity contribution is -0.137. The molecule has 0 aliphatic heterocycles. The summed E-state index contributed by atoms with van der Waals surface area (Å²) in [6.07, 6.45) is -17.2. The van der Waals surface area contributed by atoms with Gasteiger partial charge in [0.2, 0.25) is 5.91 Å². The van der Waals surface area contributed by atoms with E-state index < -0.39 is 185 Å². The predicted octanol–water partition coefficient (Wildman–Crippen LogP) is 7.22. The molecule has 1 aromatic heterocycles. The van der Waals surface area contributed by atoms with E-state index in [1.54, 1.807) is 0 Å². The van der Waals surface area contributed by atoms with Crippen molar-refractivity contribution in [1.82, 2.24) is 19.4 Å². The molecule has 1 aliphatic rings. The number of hydrogen-bond acceptors (Lipinski definition) is 5. The topological polar surface area (TPSA) is 58.4 Å². The molecule has 1 heterocycles. The molecule has 6 nitrogen and oxygen atoms in total. The molecule has 1 amide bonds. The summed E-state index contributed by atoms with van der Waals surface area (Å²) in [6.45, 7) is -15.6. The lowest BCUT2D eigenvalue weighted by Crippen LogP contribution is -2.40. The summed E-state index contributed by atoms with van der Waals surface area (Å²) in [7, 11) is 0. The first-order chi connectivity index (χ1) is 31.9. The largest absolute Gasteiger partial charge is 0.416 e. The average molecular weight is 691 g/mol. The Morgan fingerprint density at radius 3 is 2.23 bits per heavy atom. The van der Waals surface area contributed by atoms with E-state index in [9.17, 15) is 30.6 Å². The second kappa shape index (κ2) is 15.3. The molecule has 11 heteroatoms. The second-order valence-corrected chi connectivity index (χ2v) is 9.88. The van der Waals surface area contributed by atoms with Crippen LogP contribution in [-0.2, 0) is 42.4 Å². The van der Waals surface area contributed by atoms with Crippen LogP contribution in [0.15, 0.2) is 82.6 Å². The minimum atomic E-state index is -5.50. The quantitative estimate of drug-likeness (QED) is 0.0843. The van der Waals surface area contributed by atoms with Crippen molar-refractivity contribution < 1.29 is 55.3 Å².